The van der Waals surface area contributed by atoms with Crippen molar-refractivity contribution in [3.63, 3.8) is 0 Å². The Labute approximate surface area is 150 Å². The average Bonchev–Trinajstić information content (AvgIpc) is 3.34. The Morgan fingerprint density at radius 1 is 1.25 bits per heavy atom. The van der Waals surface area contributed by atoms with Crippen LogP contribution in [0.25, 0.3) is 0 Å². The lowest BCUT2D eigenvalue weighted by Crippen LogP contribution is -2.52. The first kappa shape index (κ1) is 20.5. The standard InChI is InChI=1S/C18H27N3O2.ClH/c1-11(2)16(18(23)20-10-15(19)13-8-9-13)21-17(22)14-7-5-4-6-12(14)3;/h4-7,11,13,15-16H,8-10,19H2,1-3H3,(H,20,23)(H,21,22);1H. The fraction of sp³-hybridized carbons (Fsp3) is 0.556. The Kier molecular flexibility index (Phi) is 7.70. The number of aryl methyl sites for hydroxylation is 1. The van der Waals surface area contributed by atoms with Crippen LogP contribution in [0.15, 0.2) is 24.3 Å². The molecule has 0 radical (unpaired) electrons. The van der Waals surface area contributed by atoms with Gasteiger partial charge in [-0.05, 0) is 43.2 Å². The molecule has 0 bridgehead atoms. The summed E-state index contributed by atoms with van der Waals surface area (Å²) in [6.07, 6.45) is 2.29. The second-order valence-corrected chi connectivity index (χ2v) is 6.76. The van der Waals surface area contributed by atoms with Gasteiger partial charge in [-0.3, -0.25) is 9.59 Å². The van der Waals surface area contributed by atoms with Gasteiger partial charge in [-0.25, -0.2) is 0 Å². The monoisotopic (exact) mass is 353 g/mol. The number of carbonyl (C=O) groups is 2. The summed E-state index contributed by atoms with van der Waals surface area (Å²) in [6.45, 7) is 6.19. The third-order valence-corrected chi connectivity index (χ3v) is 4.36. The Bertz CT molecular complexity index is 573. The molecule has 0 saturated heterocycles. The highest BCUT2D eigenvalue weighted by molar-refractivity contribution is 5.98. The van der Waals surface area contributed by atoms with Gasteiger partial charge < -0.3 is 16.4 Å². The summed E-state index contributed by atoms with van der Waals surface area (Å²) < 4.78 is 0. The van der Waals surface area contributed by atoms with Gasteiger partial charge in [-0.1, -0.05) is 32.0 Å². The van der Waals surface area contributed by atoms with Crippen LogP contribution in [0.1, 0.15) is 42.6 Å². The van der Waals surface area contributed by atoms with Crippen LogP contribution in [0, 0.1) is 18.8 Å². The molecule has 1 saturated carbocycles. The number of hydrogen-bond acceptors (Lipinski definition) is 3. The van der Waals surface area contributed by atoms with Crippen molar-refractivity contribution in [3.8, 4) is 0 Å². The van der Waals surface area contributed by atoms with Crippen LogP contribution in [0.4, 0.5) is 0 Å². The maximum Gasteiger partial charge on any atom is 0.252 e. The lowest BCUT2D eigenvalue weighted by molar-refractivity contribution is -0.124. The Balaban J connectivity index is 0.00000288. The van der Waals surface area contributed by atoms with Gasteiger partial charge in [0.25, 0.3) is 5.91 Å². The van der Waals surface area contributed by atoms with Crippen LogP contribution in [-0.2, 0) is 4.79 Å². The molecule has 1 aromatic carbocycles. The van der Waals surface area contributed by atoms with E-state index in [1.165, 1.54) is 0 Å². The van der Waals surface area contributed by atoms with Crippen molar-refractivity contribution in [2.45, 2.75) is 45.7 Å². The second-order valence-electron chi connectivity index (χ2n) is 6.76. The number of benzene rings is 1. The van der Waals surface area contributed by atoms with Crippen molar-refractivity contribution in [1.29, 1.82) is 0 Å². The molecule has 1 aliphatic rings. The van der Waals surface area contributed by atoms with Crippen molar-refractivity contribution < 1.29 is 9.59 Å². The fourth-order valence-corrected chi connectivity index (χ4v) is 2.60. The van der Waals surface area contributed by atoms with Crippen molar-refractivity contribution >= 4 is 24.2 Å². The quantitative estimate of drug-likeness (QED) is 0.701. The van der Waals surface area contributed by atoms with Gasteiger partial charge in [0.05, 0.1) is 0 Å². The summed E-state index contributed by atoms with van der Waals surface area (Å²) in [4.78, 5) is 24.8. The van der Waals surface area contributed by atoms with Crippen LogP contribution in [0.3, 0.4) is 0 Å². The van der Waals surface area contributed by atoms with E-state index in [1.54, 1.807) is 6.07 Å². The third kappa shape index (κ3) is 5.49. The molecular formula is C18H28ClN3O2. The molecule has 0 spiro atoms. The van der Waals surface area contributed by atoms with E-state index in [9.17, 15) is 9.59 Å². The van der Waals surface area contributed by atoms with Gasteiger partial charge in [0.1, 0.15) is 6.04 Å². The predicted molar refractivity (Wildman–Crippen MR) is 98.2 cm³/mol. The highest BCUT2D eigenvalue weighted by Gasteiger charge is 2.30. The topological polar surface area (TPSA) is 84.2 Å². The van der Waals surface area contributed by atoms with E-state index in [2.05, 4.69) is 10.6 Å². The molecule has 4 N–H and O–H groups in total. The Morgan fingerprint density at radius 2 is 1.88 bits per heavy atom. The number of carbonyl (C=O) groups excluding carboxylic acids is 2. The molecule has 1 aromatic rings. The molecule has 6 heteroatoms. The molecule has 0 aromatic heterocycles. The molecule has 2 amide bonds. The molecular weight excluding hydrogens is 326 g/mol. The van der Waals surface area contributed by atoms with Crippen molar-refractivity contribution in [2.75, 3.05) is 6.54 Å². The van der Waals surface area contributed by atoms with E-state index in [-0.39, 0.29) is 36.2 Å². The van der Waals surface area contributed by atoms with Crippen molar-refractivity contribution in [2.24, 2.45) is 17.6 Å². The predicted octanol–water partition coefficient (Wildman–Crippen LogP) is 2.02. The molecule has 1 aliphatic carbocycles. The Morgan fingerprint density at radius 3 is 2.42 bits per heavy atom. The van der Waals surface area contributed by atoms with Crippen LogP contribution in [0.2, 0.25) is 0 Å². The molecule has 0 aliphatic heterocycles. The van der Waals surface area contributed by atoms with E-state index >= 15 is 0 Å². The molecule has 2 unspecified atom stereocenters. The van der Waals surface area contributed by atoms with Gasteiger partial charge in [-0.15, -0.1) is 12.4 Å². The van der Waals surface area contributed by atoms with Crippen LogP contribution < -0.4 is 16.4 Å². The van der Waals surface area contributed by atoms with Crippen LogP contribution in [0.5, 0.6) is 0 Å². The van der Waals surface area contributed by atoms with E-state index in [4.69, 9.17) is 5.73 Å². The maximum absolute atomic E-state index is 12.4. The summed E-state index contributed by atoms with van der Waals surface area (Å²) in [6, 6.07) is 6.81. The smallest absolute Gasteiger partial charge is 0.252 e. The van der Waals surface area contributed by atoms with E-state index in [0.29, 0.717) is 18.0 Å². The molecule has 2 rings (SSSR count). The van der Waals surface area contributed by atoms with Gasteiger partial charge >= 0.3 is 0 Å². The SMILES string of the molecule is Cc1ccccc1C(=O)NC(C(=O)NCC(N)C1CC1)C(C)C.Cl. The summed E-state index contributed by atoms with van der Waals surface area (Å²) in [5, 5.41) is 5.73. The Hall–Kier alpha value is -1.59. The first-order valence-corrected chi connectivity index (χ1v) is 8.30. The minimum Gasteiger partial charge on any atom is -0.353 e. The van der Waals surface area contributed by atoms with E-state index in [1.807, 2.05) is 39.0 Å². The average molecular weight is 354 g/mol. The summed E-state index contributed by atoms with van der Waals surface area (Å²) >= 11 is 0. The summed E-state index contributed by atoms with van der Waals surface area (Å²) in [5.74, 6) is 0.149. The lowest BCUT2D eigenvalue weighted by atomic mass is 10.0. The van der Waals surface area contributed by atoms with Gasteiger partial charge in [0.2, 0.25) is 5.91 Å². The highest BCUT2D eigenvalue weighted by atomic mass is 35.5. The molecule has 2 atom stereocenters. The first-order valence-electron chi connectivity index (χ1n) is 8.30. The molecule has 1 fully saturated rings. The first-order chi connectivity index (χ1) is 10.9. The maximum atomic E-state index is 12.4. The molecule has 0 heterocycles. The zero-order chi connectivity index (χ0) is 17.0. The number of halogens is 1. The number of nitrogens with one attached hydrogen (secondary N) is 2. The third-order valence-electron chi connectivity index (χ3n) is 4.36. The molecule has 5 nitrogen and oxygen atoms in total. The molecule has 134 valence electrons. The largest absolute Gasteiger partial charge is 0.353 e. The zero-order valence-corrected chi connectivity index (χ0v) is 15.4. The van der Waals surface area contributed by atoms with Crippen molar-refractivity contribution in [3.05, 3.63) is 35.4 Å². The molecule has 24 heavy (non-hydrogen) atoms. The summed E-state index contributed by atoms with van der Waals surface area (Å²) in [7, 11) is 0. The highest BCUT2D eigenvalue weighted by Crippen LogP contribution is 2.31. The zero-order valence-electron chi connectivity index (χ0n) is 14.5. The number of nitrogens with two attached hydrogens (primary N) is 1. The van der Waals surface area contributed by atoms with Gasteiger partial charge in [0.15, 0.2) is 0 Å². The van der Waals surface area contributed by atoms with Crippen molar-refractivity contribution in [1.82, 2.24) is 10.6 Å². The van der Waals surface area contributed by atoms with Gasteiger partial charge in [0, 0.05) is 18.2 Å². The minimum absolute atomic E-state index is 0. The normalized spacial score (nSPS) is 16.0. The van der Waals surface area contributed by atoms with Crippen LogP contribution >= 0.6 is 12.4 Å². The summed E-state index contributed by atoms with van der Waals surface area (Å²) in [5.41, 5.74) is 7.50. The minimum atomic E-state index is -0.562. The number of amides is 2. The number of hydrogen-bond donors (Lipinski definition) is 3. The van der Waals surface area contributed by atoms with E-state index in [0.717, 1.165) is 18.4 Å². The number of rotatable bonds is 7. The second kappa shape index (κ2) is 9.04. The fourth-order valence-electron chi connectivity index (χ4n) is 2.60. The van der Waals surface area contributed by atoms with E-state index < -0.39 is 6.04 Å². The lowest BCUT2D eigenvalue weighted by Gasteiger charge is -2.23. The van der Waals surface area contributed by atoms with Gasteiger partial charge in [-0.2, -0.15) is 0 Å². The van der Waals surface area contributed by atoms with Crippen LogP contribution in [-0.4, -0.2) is 30.4 Å².